The van der Waals surface area contributed by atoms with E-state index in [4.69, 9.17) is 10.7 Å². The second-order valence-electron chi connectivity index (χ2n) is 6.20. The molecule has 21 heavy (non-hydrogen) atoms. The molecule has 1 saturated carbocycles. The number of imidazole rings is 1. The highest BCUT2D eigenvalue weighted by Gasteiger charge is 2.19. The number of rotatable bonds is 5. The molecule has 1 heterocycles. The van der Waals surface area contributed by atoms with Crippen molar-refractivity contribution < 1.29 is 0 Å². The molecule has 0 amide bonds. The fourth-order valence-corrected chi connectivity index (χ4v) is 3.50. The number of hydrogen-bond acceptors (Lipinski definition) is 3. The van der Waals surface area contributed by atoms with Gasteiger partial charge in [-0.15, -0.1) is 0 Å². The molecule has 1 aliphatic carbocycles. The minimum atomic E-state index is 0.778. The zero-order valence-corrected chi connectivity index (χ0v) is 13.2. The average molecular weight is 286 g/mol. The van der Waals surface area contributed by atoms with Crippen molar-refractivity contribution >= 4 is 16.7 Å². The van der Waals surface area contributed by atoms with E-state index in [9.17, 15) is 0 Å². The average Bonchev–Trinajstić information content (AvgIpc) is 3.11. The third-order valence-corrected chi connectivity index (χ3v) is 4.79. The second kappa shape index (κ2) is 6.06. The molecule has 0 spiro atoms. The third kappa shape index (κ3) is 2.91. The zero-order chi connectivity index (χ0) is 14.8. The summed E-state index contributed by atoms with van der Waals surface area (Å²) in [5.74, 6) is 1.16. The molecule has 0 bridgehead atoms. The maximum Gasteiger partial charge on any atom is 0.109 e. The summed E-state index contributed by atoms with van der Waals surface area (Å²) in [4.78, 5) is 7.26. The Kier molecular flexibility index (Phi) is 4.15. The smallest absolute Gasteiger partial charge is 0.109 e. The Morgan fingerprint density at radius 2 is 2.10 bits per heavy atom. The van der Waals surface area contributed by atoms with E-state index >= 15 is 0 Å². The molecule has 0 aliphatic heterocycles. The number of fused-ring (bicyclic) bond motifs is 1. The number of anilines is 1. The summed E-state index contributed by atoms with van der Waals surface area (Å²) in [6.07, 6.45) is 6.46. The summed E-state index contributed by atoms with van der Waals surface area (Å²) in [6.45, 7) is 4.27. The van der Waals surface area contributed by atoms with Crippen LogP contribution in [0, 0.1) is 0 Å². The number of likely N-dealkylation sites (N-methyl/N-ethyl adjacent to an activating group) is 1. The number of hydrogen-bond donors (Lipinski definition) is 1. The summed E-state index contributed by atoms with van der Waals surface area (Å²) >= 11 is 0. The van der Waals surface area contributed by atoms with Crippen LogP contribution in [0.5, 0.6) is 0 Å². The molecule has 0 unspecified atom stereocenters. The molecule has 0 saturated heterocycles. The summed E-state index contributed by atoms with van der Waals surface area (Å²) in [7, 11) is 2.26. The van der Waals surface area contributed by atoms with E-state index in [2.05, 4.69) is 29.5 Å². The van der Waals surface area contributed by atoms with Crippen LogP contribution in [0.25, 0.3) is 11.0 Å². The topological polar surface area (TPSA) is 47.1 Å². The van der Waals surface area contributed by atoms with Gasteiger partial charge in [0.05, 0.1) is 11.0 Å². The van der Waals surface area contributed by atoms with Gasteiger partial charge in [0.15, 0.2) is 0 Å². The van der Waals surface area contributed by atoms with Crippen LogP contribution in [0.2, 0.25) is 0 Å². The highest BCUT2D eigenvalue weighted by Crippen LogP contribution is 2.23. The lowest BCUT2D eigenvalue weighted by molar-refractivity contribution is 0.236. The quantitative estimate of drug-likeness (QED) is 0.859. The Bertz CT molecular complexity index is 611. The minimum Gasteiger partial charge on any atom is -0.399 e. The van der Waals surface area contributed by atoms with Crippen LogP contribution in [-0.4, -0.2) is 34.1 Å². The largest absolute Gasteiger partial charge is 0.399 e. The zero-order valence-electron chi connectivity index (χ0n) is 13.2. The van der Waals surface area contributed by atoms with Crippen molar-refractivity contribution in [3.8, 4) is 0 Å². The van der Waals surface area contributed by atoms with E-state index in [0.29, 0.717) is 0 Å². The van der Waals surface area contributed by atoms with Gasteiger partial charge < -0.3 is 15.2 Å². The highest BCUT2D eigenvalue weighted by molar-refractivity contribution is 5.79. The lowest BCUT2D eigenvalue weighted by atomic mass is 10.2. The van der Waals surface area contributed by atoms with Crippen molar-refractivity contribution in [1.29, 1.82) is 0 Å². The standard InChI is InChI=1S/C17H26N4/c1-3-17-19-15-12-13(18)8-9-16(15)21(17)11-10-20(2)14-6-4-5-7-14/h8-9,12,14H,3-7,10-11,18H2,1-2H3. The molecule has 0 atom stereocenters. The van der Waals surface area contributed by atoms with E-state index in [0.717, 1.165) is 42.6 Å². The van der Waals surface area contributed by atoms with Gasteiger partial charge in [0.25, 0.3) is 0 Å². The van der Waals surface area contributed by atoms with Gasteiger partial charge in [-0.3, -0.25) is 0 Å². The first-order valence-electron chi connectivity index (χ1n) is 8.14. The molecule has 4 nitrogen and oxygen atoms in total. The fourth-order valence-electron chi connectivity index (χ4n) is 3.50. The molecule has 1 aromatic heterocycles. The summed E-state index contributed by atoms with van der Waals surface area (Å²) in [5.41, 5.74) is 8.89. The van der Waals surface area contributed by atoms with Crippen molar-refractivity contribution in [3.63, 3.8) is 0 Å². The van der Waals surface area contributed by atoms with Gasteiger partial charge in [-0.1, -0.05) is 19.8 Å². The monoisotopic (exact) mass is 286 g/mol. The lowest BCUT2D eigenvalue weighted by Crippen LogP contribution is -2.32. The summed E-state index contributed by atoms with van der Waals surface area (Å²) in [5, 5.41) is 0. The Morgan fingerprint density at radius 3 is 2.81 bits per heavy atom. The first kappa shape index (κ1) is 14.4. The molecule has 2 N–H and O–H groups in total. The fraction of sp³-hybridized carbons (Fsp3) is 0.588. The summed E-state index contributed by atoms with van der Waals surface area (Å²) in [6, 6.07) is 6.83. The van der Waals surface area contributed by atoms with Gasteiger partial charge in [0.1, 0.15) is 5.82 Å². The van der Waals surface area contributed by atoms with Gasteiger partial charge in [-0.05, 0) is 38.1 Å². The van der Waals surface area contributed by atoms with Crippen molar-refractivity contribution in [3.05, 3.63) is 24.0 Å². The highest BCUT2D eigenvalue weighted by atomic mass is 15.2. The van der Waals surface area contributed by atoms with Crippen molar-refractivity contribution in [2.75, 3.05) is 19.3 Å². The van der Waals surface area contributed by atoms with Crippen LogP contribution in [0.1, 0.15) is 38.4 Å². The molecular weight excluding hydrogens is 260 g/mol. The molecule has 114 valence electrons. The predicted molar refractivity (Wildman–Crippen MR) is 88.4 cm³/mol. The Hall–Kier alpha value is -1.55. The Labute approximate surface area is 126 Å². The second-order valence-corrected chi connectivity index (χ2v) is 6.20. The molecule has 1 aromatic carbocycles. The molecule has 0 radical (unpaired) electrons. The molecular formula is C17H26N4. The van der Waals surface area contributed by atoms with Crippen molar-refractivity contribution in [2.24, 2.45) is 0 Å². The van der Waals surface area contributed by atoms with Gasteiger partial charge in [-0.25, -0.2) is 4.98 Å². The molecule has 4 heteroatoms. The number of aryl methyl sites for hydroxylation is 1. The van der Waals surface area contributed by atoms with Crippen molar-refractivity contribution in [2.45, 2.75) is 51.6 Å². The van der Waals surface area contributed by atoms with Gasteiger partial charge in [0.2, 0.25) is 0 Å². The minimum absolute atomic E-state index is 0.778. The van der Waals surface area contributed by atoms with Crippen LogP contribution < -0.4 is 5.73 Å². The molecule has 1 aliphatic rings. The predicted octanol–water partition coefficient (Wildman–Crippen LogP) is 3.06. The van der Waals surface area contributed by atoms with E-state index in [-0.39, 0.29) is 0 Å². The third-order valence-electron chi connectivity index (χ3n) is 4.79. The number of aromatic nitrogens is 2. The van der Waals surface area contributed by atoms with E-state index in [1.54, 1.807) is 0 Å². The van der Waals surface area contributed by atoms with Crippen LogP contribution in [-0.2, 0) is 13.0 Å². The van der Waals surface area contributed by atoms with Crippen LogP contribution in [0.15, 0.2) is 18.2 Å². The van der Waals surface area contributed by atoms with E-state index < -0.39 is 0 Å². The van der Waals surface area contributed by atoms with Crippen molar-refractivity contribution in [1.82, 2.24) is 14.5 Å². The summed E-state index contributed by atoms with van der Waals surface area (Å²) < 4.78 is 2.36. The lowest BCUT2D eigenvalue weighted by Gasteiger charge is -2.24. The maximum absolute atomic E-state index is 5.87. The first-order valence-corrected chi connectivity index (χ1v) is 8.14. The Balaban J connectivity index is 1.78. The van der Waals surface area contributed by atoms with Gasteiger partial charge in [0, 0.05) is 31.2 Å². The normalized spacial score (nSPS) is 16.3. The van der Waals surface area contributed by atoms with E-state index in [1.807, 2.05) is 12.1 Å². The van der Waals surface area contributed by atoms with Crippen LogP contribution in [0.4, 0.5) is 5.69 Å². The first-order chi connectivity index (χ1) is 10.2. The number of nitrogen functional groups attached to an aromatic ring is 1. The number of benzene rings is 1. The SMILES string of the molecule is CCc1nc2cc(N)ccc2n1CCN(C)C1CCCC1. The van der Waals surface area contributed by atoms with Crippen LogP contribution >= 0.6 is 0 Å². The molecule has 2 aromatic rings. The van der Waals surface area contributed by atoms with Gasteiger partial charge in [-0.2, -0.15) is 0 Å². The van der Waals surface area contributed by atoms with E-state index in [1.165, 1.54) is 31.2 Å². The number of nitrogens with zero attached hydrogens (tertiary/aromatic N) is 3. The Morgan fingerprint density at radius 1 is 1.33 bits per heavy atom. The van der Waals surface area contributed by atoms with Gasteiger partial charge >= 0.3 is 0 Å². The number of nitrogens with two attached hydrogens (primary N) is 1. The molecule has 1 fully saturated rings. The molecule has 3 rings (SSSR count). The van der Waals surface area contributed by atoms with Crippen LogP contribution in [0.3, 0.4) is 0 Å². The maximum atomic E-state index is 5.87.